The molecule has 0 radical (unpaired) electrons. The number of hydroxylamine groups is 1. The van der Waals surface area contributed by atoms with Gasteiger partial charge in [-0.1, -0.05) is 13.8 Å². The van der Waals surface area contributed by atoms with E-state index in [-0.39, 0.29) is 17.2 Å². The highest BCUT2D eigenvalue weighted by Crippen LogP contribution is 2.28. The number of aromatic amines is 1. The zero-order valence-corrected chi connectivity index (χ0v) is 12.5. The lowest BCUT2D eigenvalue weighted by molar-refractivity contribution is 0.0533. The number of nitrogens with one attached hydrogen (secondary N) is 3. The molecule has 0 bridgehead atoms. The molecule has 2 rings (SSSR count). The molecule has 0 saturated carbocycles. The quantitative estimate of drug-likeness (QED) is 0.741. The van der Waals surface area contributed by atoms with E-state index in [0.717, 1.165) is 11.8 Å². The molecule has 0 saturated heterocycles. The van der Waals surface area contributed by atoms with Crippen LogP contribution < -0.4 is 10.8 Å². The lowest BCUT2D eigenvalue weighted by atomic mass is 10.1. The van der Waals surface area contributed by atoms with Gasteiger partial charge in [-0.05, 0) is 18.1 Å². The van der Waals surface area contributed by atoms with Crippen molar-refractivity contribution in [2.24, 2.45) is 0 Å². The van der Waals surface area contributed by atoms with Crippen LogP contribution in [0.2, 0.25) is 0 Å². The van der Waals surface area contributed by atoms with E-state index in [1.807, 2.05) is 19.3 Å². The normalized spacial score (nSPS) is 10.8. The molecule has 0 unspecified atom stereocenters. The van der Waals surface area contributed by atoms with Crippen molar-refractivity contribution in [2.45, 2.75) is 19.8 Å². The molecule has 0 aliphatic heterocycles. The second kappa shape index (κ2) is 6.57. The van der Waals surface area contributed by atoms with E-state index in [2.05, 4.69) is 15.1 Å². The van der Waals surface area contributed by atoms with Crippen LogP contribution >= 0.6 is 0 Å². The van der Waals surface area contributed by atoms with E-state index < -0.39 is 17.5 Å². The Kier molecular flexibility index (Phi) is 4.77. The Hall–Kier alpha value is -2.41. The first-order valence-electron chi connectivity index (χ1n) is 6.70. The smallest absolute Gasteiger partial charge is 0.277 e. The summed E-state index contributed by atoms with van der Waals surface area (Å²) in [5.74, 6) is -2.35. The third-order valence-electron chi connectivity index (χ3n) is 3.12. The predicted octanol–water partition coefficient (Wildman–Crippen LogP) is 3.45. The number of carbonyl (C=O) groups excluding carboxylic acids is 1. The van der Waals surface area contributed by atoms with Crippen LogP contribution in [0.25, 0.3) is 0 Å². The van der Waals surface area contributed by atoms with Crippen LogP contribution in [0.3, 0.4) is 0 Å². The molecule has 1 heterocycles. The van der Waals surface area contributed by atoms with Crippen LogP contribution in [0.1, 0.15) is 35.8 Å². The molecule has 1 aromatic heterocycles. The average molecular weight is 309 g/mol. The zero-order valence-electron chi connectivity index (χ0n) is 12.5. The summed E-state index contributed by atoms with van der Waals surface area (Å²) in [5, 5.41) is 2.87. The van der Waals surface area contributed by atoms with Gasteiger partial charge in [0.15, 0.2) is 0 Å². The Balaban J connectivity index is 2.36. The predicted molar refractivity (Wildman–Crippen MR) is 79.0 cm³/mol. The largest absolute Gasteiger partial charge is 0.363 e. The van der Waals surface area contributed by atoms with Gasteiger partial charge in [-0.25, -0.2) is 14.3 Å². The highest BCUT2D eigenvalue weighted by Gasteiger charge is 2.17. The number of halogens is 2. The second-order valence-electron chi connectivity index (χ2n) is 5.03. The maximum atomic E-state index is 13.9. The Morgan fingerprint density at radius 2 is 1.95 bits per heavy atom. The molecule has 118 valence electrons. The van der Waals surface area contributed by atoms with Crippen LogP contribution in [0.5, 0.6) is 0 Å². The molecule has 0 aliphatic rings. The fourth-order valence-electron chi connectivity index (χ4n) is 2.08. The van der Waals surface area contributed by atoms with Crippen molar-refractivity contribution in [2.75, 3.05) is 12.4 Å². The number of H-pyrrole nitrogens is 1. The van der Waals surface area contributed by atoms with Gasteiger partial charge >= 0.3 is 0 Å². The van der Waals surface area contributed by atoms with Crippen molar-refractivity contribution >= 4 is 17.3 Å². The molecule has 22 heavy (non-hydrogen) atoms. The van der Waals surface area contributed by atoms with Crippen LogP contribution in [-0.2, 0) is 4.84 Å². The molecule has 0 fully saturated rings. The van der Waals surface area contributed by atoms with Crippen molar-refractivity contribution in [1.29, 1.82) is 0 Å². The number of hydrogen-bond acceptors (Lipinski definition) is 3. The molecule has 1 amide bonds. The molecular formula is C15H17F2N3O2. The van der Waals surface area contributed by atoms with E-state index in [9.17, 15) is 13.6 Å². The minimum Gasteiger partial charge on any atom is -0.363 e. The Bertz CT molecular complexity index is 683. The van der Waals surface area contributed by atoms with Crippen molar-refractivity contribution in [3.8, 4) is 0 Å². The van der Waals surface area contributed by atoms with Gasteiger partial charge in [-0.15, -0.1) is 0 Å². The first-order valence-corrected chi connectivity index (χ1v) is 6.70. The SMILES string of the molecule is CONC(=O)c1cc(Nc2cc[nH]c2C(C)C)c(F)cc1F. The van der Waals surface area contributed by atoms with Gasteiger partial charge in [0.1, 0.15) is 11.6 Å². The van der Waals surface area contributed by atoms with Gasteiger partial charge in [-0.3, -0.25) is 9.63 Å². The summed E-state index contributed by atoms with van der Waals surface area (Å²) in [6.45, 7) is 3.96. The number of aromatic nitrogens is 1. The van der Waals surface area contributed by atoms with Gasteiger partial charge in [0, 0.05) is 18.0 Å². The van der Waals surface area contributed by atoms with Gasteiger partial charge < -0.3 is 10.3 Å². The fraction of sp³-hybridized carbons (Fsp3) is 0.267. The van der Waals surface area contributed by atoms with Crippen molar-refractivity contribution in [1.82, 2.24) is 10.5 Å². The van der Waals surface area contributed by atoms with Crippen molar-refractivity contribution < 1.29 is 18.4 Å². The molecule has 0 spiro atoms. The minimum absolute atomic E-state index is 0.00385. The Morgan fingerprint density at radius 3 is 2.59 bits per heavy atom. The summed E-state index contributed by atoms with van der Waals surface area (Å²) in [4.78, 5) is 19.2. The van der Waals surface area contributed by atoms with Gasteiger partial charge in [0.2, 0.25) is 0 Å². The maximum Gasteiger partial charge on any atom is 0.277 e. The van der Waals surface area contributed by atoms with Gasteiger partial charge in [0.25, 0.3) is 5.91 Å². The molecular weight excluding hydrogens is 292 g/mol. The van der Waals surface area contributed by atoms with Crippen LogP contribution in [-0.4, -0.2) is 18.0 Å². The number of benzene rings is 1. The van der Waals surface area contributed by atoms with Crippen LogP contribution in [0.4, 0.5) is 20.2 Å². The number of anilines is 2. The molecule has 2 aromatic rings. The summed E-state index contributed by atoms with van der Waals surface area (Å²) in [5.41, 5.74) is 3.24. The first kappa shape index (κ1) is 16.0. The van der Waals surface area contributed by atoms with E-state index >= 15 is 0 Å². The highest BCUT2D eigenvalue weighted by atomic mass is 19.1. The van der Waals surface area contributed by atoms with Crippen molar-refractivity contribution in [3.05, 3.63) is 47.3 Å². The summed E-state index contributed by atoms with van der Waals surface area (Å²) in [7, 11) is 1.23. The minimum atomic E-state index is -0.962. The molecule has 7 heteroatoms. The van der Waals surface area contributed by atoms with E-state index in [0.29, 0.717) is 11.8 Å². The maximum absolute atomic E-state index is 13.9. The molecule has 0 aliphatic carbocycles. The monoisotopic (exact) mass is 309 g/mol. The molecule has 1 aromatic carbocycles. The van der Waals surface area contributed by atoms with Crippen LogP contribution in [0, 0.1) is 11.6 Å². The van der Waals surface area contributed by atoms with E-state index in [4.69, 9.17) is 0 Å². The van der Waals surface area contributed by atoms with Crippen molar-refractivity contribution in [3.63, 3.8) is 0 Å². The summed E-state index contributed by atoms with van der Waals surface area (Å²) in [6.07, 6.45) is 1.72. The second-order valence-corrected chi connectivity index (χ2v) is 5.03. The number of amides is 1. The zero-order chi connectivity index (χ0) is 16.3. The van der Waals surface area contributed by atoms with E-state index in [1.54, 1.807) is 12.3 Å². The topological polar surface area (TPSA) is 66.2 Å². The van der Waals surface area contributed by atoms with Crippen LogP contribution in [0.15, 0.2) is 24.4 Å². The molecule has 3 N–H and O–H groups in total. The third-order valence-corrected chi connectivity index (χ3v) is 3.12. The number of carbonyl (C=O) groups is 1. The summed E-state index contributed by atoms with van der Waals surface area (Å²) >= 11 is 0. The van der Waals surface area contributed by atoms with Gasteiger partial charge in [0.05, 0.1) is 24.0 Å². The summed E-state index contributed by atoms with van der Waals surface area (Å²) in [6, 6.07) is 3.51. The lowest BCUT2D eigenvalue weighted by Gasteiger charge is -2.12. The molecule has 5 nitrogen and oxygen atoms in total. The Morgan fingerprint density at radius 1 is 1.23 bits per heavy atom. The fourth-order valence-corrected chi connectivity index (χ4v) is 2.08. The first-order chi connectivity index (χ1) is 10.4. The Labute approximate surface area is 126 Å². The third kappa shape index (κ3) is 3.25. The average Bonchev–Trinajstić information content (AvgIpc) is 2.90. The standard InChI is InChI=1S/C15H17F2N3O2/c1-8(2)14-12(4-5-18-14)19-13-6-9(15(21)20-22-3)10(16)7-11(13)17/h4-8,18-19H,1-3H3,(H,20,21). The number of rotatable bonds is 5. The number of hydrogen-bond donors (Lipinski definition) is 3. The lowest BCUT2D eigenvalue weighted by Crippen LogP contribution is -2.23. The summed E-state index contributed by atoms with van der Waals surface area (Å²) < 4.78 is 27.6. The molecule has 0 atom stereocenters. The highest BCUT2D eigenvalue weighted by molar-refractivity contribution is 5.95. The van der Waals surface area contributed by atoms with E-state index in [1.165, 1.54) is 7.11 Å². The van der Waals surface area contributed by atoms with Gasteiger partial charge in [-0.2, -0.15) is 0 Å².